The summed E-state index contributed by atoms with van der Waals surface area (Å²) in [5, 5.41) is 4.07. The quantitative estimate of drug-likeness (QED) is 0.498. The summed E-state index contributed by atoms with van der Waals surface area (Å²) in [6.07, 6.45) is 8.63. The topological polar surface area (TPSA) is 59.9 Å². The molecule has 1 N–H and O–H groups in total. The van der Waals surface area contributed by atoms with Crippen LogP contribution in [0.15, 0.2) is 60.5 Å². The molecule has 0 aliphatic heterocycles. The summed E-state index contributed by atoms with van der Waals surface area (Å²) in [6.45, 7) is 5.96. The van der Waals surface area contributed by atoms with E-state index in [1.54, 1.807) is 24.5 Å². The predicted octanol–water partition coefficient (Wildman–Crippen LogP) is 5.54. The highest BCUT2D eigenvalue weighted by atomic mass is 19.1. The normalized spacial score (nSPS) is 13.0. The first-order valence-corrected chi connectivity index (χ1v) is 10.1. The van der Waals surface area contributed by atoms with E-state index in [-0.39, 0.29) is 0 Å². The molecule has 0 bridgehead atoms. The van der Waals surface area contributed by atoms with E-state index in [0.717, 1.165) is 33.4 Å². The van der Waals surface area contributed by atoms with E-state index in [9.17, 15) is 4.39 Å². The van der Waals surface area contributed by atoms with Crippen LogP contribution in [0, 0.1) is 0 Å². The lowest BCUT2D eigenvalue weighted by Crippen LogP contribution is -2.02. The molecular formula is C24H27FN4O. The molecule has 6 heteroatoms. The molecule has 30 heavy (non-hydrogen) atoms. The van der Waals surface area contributed by atoms with Crippen LogP contribution in [-0.2, 0) is 6.42 Å². The second kappa shape index (κ2) is 9.96. The molecular weight excluding hydrogens is 379 g/mol. The van der Waals surface area contributed by atoms with E-state index in [0.29, 0.717) is 24.6 Å². The number of aromatic nitrogens is 3. The van der Waals surface area contributed by atoms with Gasteiger partial charge < -0.3 is 10.1 Å². The van der Waals surface area contributed by atoms with Crippen LogP contribution >= 0.6 is 0 Å². The molecule has 0 amide bonds. The van der Waals surface area contributed by atoms with Gasteiger partial charge in [0, 0.05) is 30.4 Å². The molecule has 3 rings (SSSR count). The summed E-state index contributed by atoms with van der Waals surface area (Å²) < 4.78 is 18.9. The van der Waals surface area contributed by atoms with E-state index in [4.69, 9.17) is 14.7 Å². The van der Waals surface area contributed by atoms with E-state index < -0.39 is 6.17 Å². The first-order chi connectivity index (χ1) is 14.5. The fourth-order valence-electron chi connectivity index (χ4n) is 3.09. The lowest BCUT2D eigenvalue weighted by Gasteiger charge is -2.14. The summed E-state index contributed by atoms with van der Waals surface area (Å²) in [7, 11) is 1.84. The van der Waals surface area contributed by atoms with Gasteiger partial charge in [-0.15, -0.1) is 0 Å². The minimum Gasteiger partial charge on any atom is -0.492 e. The maximum atomic E-state index is 13.0. The van der Waals surface area contributed by atoms with Crippen molar-refractivity contribution in [1.82, 2.24) is 15.0 Å². The number of benzene rings is 1. The van der Waals surface area contributed by atoms with Gasteiger partial charge in [-0.25, -0.2) is 14.4 Å². The van der Waals surface area contributed by atoms with Gasteiger partial charge >= 0.3 is 0 Å². The molecule has 156 valence electrons. The zero-order valence-electron chi connectivity index (χ0n) is 17.8. The fraction of sp³-hybridized carbons (Fsp3) is 0.292. The Morgan fingerprint density at radius 1 is 1.30 bits per heavy atom. The van der Waals surface area contributed by atoms with Crippen LogP contribution in [0.25, 0.3) is 22.3 Å². The molecule has 1 unspecified atom stereocenters. The van der Waals surface area contributed by atoms with Gasteiger partial charge in [0.15, 0.2) is 5.82 Å². The van der Waals surface area contributed by atoms with Crippen molar-refractivity contribution in [2.24, 2.45) is 0 Å². The van der Waals surface area contributed by atoms with Crippen LogP contribution in [-0.4, -0.2) is 34.8 Å². The number of halogens is 1. The van der Waals surface area contributed by atoms with Crippen molar-refractivity contribution in [1.29, 1.82) is 0 Å². The first-order valence-electron chi connectivity index (χ1n) is 10.1. The first kappa shape index (κ1) is 21.4. The Morgan fingerprint density at radius 3 is 2.80 bits per heavy atom. The Hall–Kier alpha value is -3.28. The Morgan fingerprint density at radius 2 is 2.13 bits per heavy atom. The van der Waals surface area contributed by atoms with Gasteiger partial charge in [0.05, 0.1) is 6.61 Å². The molecule has 2 heterocycles. The average molecular weight is 407 g/mol. The van der Waals surface area contributed by atoms with Gasteiger partial charge in [-0.2, -0.15) is 0 Å². The number of pyridine rings is 1. The zero-order valence-corrected chi connectivity index (χ0v) is 17.8. The highest BCUT2D eigenvalue weighted by Gasteiger charge is 2.14. The van der Waals surface area contributed by atoms with Crippen LogP contribution in [0.3, 0.4) is 0 Å². The molecule has 0 fully saturated rings. The minimum atomic E-state index is -0.956. The molecule has 2 aromatic heterocycles. The van der Waals surface area contributed by atoms with Crippen molar-refractivity contribution in [2.45, 2.75) is 33.4 Å². The number of hydrogen-bond donors (Lipinski definition) is 1. The summed E-state index contributed by atoms with van der Waals surface area (Å²) in [4.78, 5) is 13.6. The Bertz CT molecular complexity index is 1060. The van der Waals surface area contributed by atoms with Crippen molar-refractivity contribution in [3.05, 3.63) is 66.0 Å². The Kier molecular flexibility index (Phi) is 7.12. The van der Waals surface area contributed by atoms with Crippen molar-refractivity contribution in [2.75, 3.05) is 19.0 Å². The Labute approximate surface area is 176 Å². The number of fused-ring (bicyclic) bond motifs is 1. The van der Waals surface area contributed by atoms with Crippen LogP contribution in [0.4, 0.5) is 10.2 Å². The van der Waals surface area contributed by atoms with Crippen LogP contribution in [0.5, 0.6) is 5.75 Å². The van der Waals surface area contributed by atoms with Gasteiger partial charge in [0.2, 0.25) is 0 Å². The molecule has 0 aliphatic carbocycles. The monoisotopic (exact) mass is 406 g/mol. The number of hydrogen-bond acceptors (Lipinski definition) is 5. The third-order valence-corrected chi connectivity index (χ3v) is 4.57. The molecule has 0 saturated carbocycles. The molecule has 1 atom stereocenters. The minimum absolute atomic E-state index is 0.533. The maximum absolute atomic E-state index is 13.0. The summed E-state index contributed by atoms with van der Waals surface area (Å²) in [6, 6.07) is 7.88. The number of ether oxygens (including phenoxy) is 1. The van der Waals surface area contributed by atoms with E-state index in [1.807, 2.05) is 39.1 Å². The van der Waals surface area contributed by atoms with Crippen molar-refractivity contribution in [3.8, 4) is 17.1 Å². The standard InChI is InChI=1S/C24H27FN4O/c1-5-30-21-14-18(11-9-16(2)8-10-17(3)25)13-20-22(21)28-23(29-24(20)26-4)19-7-6-12-27-15-19/h6-10,12-15,17H,5,11H2,1-4H3,(H,26,28,29)/b10-8-,16-9-. The summed E-state index contributed by atoms with van der Waals surface area (Å²) in [5.41, 5.74) is 3.68. The molecule has 3 aromatic rings. The summed E-state index contributed by atoms with van der Waals surface area (Å²) in [5.74, 6) is 2.04. The number of allylic oxidation sites excluding steroid dienone is 4. The third-order valence-electron chi connectivity index (χ3n) is 4.57. The predicted molar refractivity (Wildman–Crippen MR) is 121 cm³/mol. The van der Waals surface area contributed by atoms with Crippen LogP contribution < -0.4 is 10.1 Å². The molecule has 0 saturated heterocycles. The highest BCUT2D eigenvalue weighted by Crippen LogP contribution is 2.32. The second-order valence-electron chi connectivity index (χ2n) is 7.00. The van der Waals surface area contributed by atoms with Gasteiger partial charge in [0.1, 0.15) is 23.3 Å². The smallest absolute Gasteiger partial charge is 0.163 e. The number of anilines is 1. The number of rotatable bonds is 8. The Balaban J connectivity index is 2.07. The molecule has 5 nitrogen and oxygen atoms in total. The maximum Gasteiger partial charge on any atom is 0.163 e. The lowest BCUT2D eigenvalue weighted by atomic mass is 10.1. The van der Waals surface area contributed by atoms with Crippen LogP contribution in [0.1, 0.15) is 26.3 Å². The molecule has 1 aromatic carbocycles. The number of nitrogens with zero attached hydrogens (tertiary/aromatic N) is 3. The van der Waals surface area contributed by atoms with Crippen molar-refractivity contribution >= 4 is 16.7 Å². The van der Waals surface area contributed by atoms with E-state index in [1.165, 1.54) is 6.92 Å². The number of nitrogens with one attached hydrogen (secondary N) is 1. The van der Waals surface area contributed by atoms with Crippen molar-refractivity contribution in [3.63, 3.8) is 0 Å². The fourth-order valence-corrected chi connectivity index (χ4v) is 3.09. The van der Waals surface area contributed by atoms with E-state index >= 15 is 0 Å². The molecule has 0 aliphatic rings. The average Bonchev–Trinajstić information content (AvgIpc) is 2.76. The SMILES string of the molecule is CCOc1cc(C/C=C(C)\C=C/C(C)F)cc2c(NC)nc(-c3cccnc3)nc12. The summed E-state index contributed by atoms with van der Waals surface area (Å²) >= 11 is 0. The van der Waals surface area contributed by atoms with E-state index in [2.05, 4.69) is 22.4 Å². The van der Waals surface area contributed by atoms with Gasteiger partial charge in [-0.1, -0.05) is 23.8 Å². The molecule has 0 radical (unpaired) electrons. The largest absolute Gasteiger partial charge is 0.492 e. The third kappa shape index (κ3) is 5.20. The highest BCUT2D eigenvalue weighted by molar-refractivity contribution is 5.95. The molecule has 0 spiro atoms. The number of alkyl halides is 1. The van der Waals surface area contributed by atoms with Gasteiger partial charge in [-0.05, 0) is 57.0 Å². The zero-order chi connectivity index (χ0) is 21.5. The van der Waals surface area contributed by atoms with Gasteiger partial charge in [-0.3, -0.25) is 4.98 Å². The van der Waals surface area contributed by atoms with Crippen LogP contribution in [0.2, 0.25) is 0 Å². The van der Waals surface area contributed by atoms with Crippen molar-refractivity contribution < 1.29 is 9.13 Å². The van der Waals surface area contributed by atoms with Gasteiger partial charge in [0.25, 0.3) is 0 Å². The lowest BCUT2D eigenvalue weighted by molar-refractivity contribution is 0.343. The second-order valence-corrected chi connectivity index (χ2v) is 7.00.